The average molecular weight is 489 g/mol. The molecule has 36 heavy (non-hydrogen) atoms. The third-order valence-corrected chi connectivity index (χ3v) is 6.13. The minimum Gasteiger partial charge on any atom is -0.493 e. The number of benzene rings is 2. The van der Waals surface area contributed by atoms with Crippen molar-refractivity contribution in [2.75, 3.05) is 19.1 Å². The van der Waals surface area contributed by atoms with Crippen molar-refractivity contribution >= 4 is 34.2 Å². The molecule has 0 unspecified atom stereocenters. The second-order valence-corrected chi connectivity index (χ2v) is 9.35. The number of nitrogens with one attached hydrogen (secondary N) is 1. The molecule has 0 aliphatic heterocycles. The fourth-order valence-electron chi connectivity index (χ4n) is 4.13. The van der Waals surface area contributed by atoms with Gasteiger partial charge in [0.15, 0.2) is 17.1 Å². The Hall–Kier alpha value is -3.68. The highest BCUT2D eigenvalue weighted by Crippen LogP contribution is 2.29. The fraction of sp³-hybridized carbons (Fsp3) is 0.429. The molecule has 0 bridgehead atoms. The van der Waals surface area contributed by atoms with E-state index >= 15 is 0 Å². The molecule has 2 aromatic heterocycles. The molecule has 190 valence electrons. The summed E-state index contributed by atoms with van der Waals surface area (Å²) in [5.74, 6) is 2.35. The van der Waals surface area contributed by atoms with Gasteiger partial charge in [0.25, 0.3) is 5.95 Å². The first-order chi connectivity index (χ1) is 17.6. The predicted molar refractivity (Wildman–Crippen MR) is 146 cm³/mol. The van der Waals surface area contributed by atoms with E-state index in [4.69, 9.17) is 14.5 Å². The smallest absolute Gasteiger partial charge is 0.265 e. The SMILES string of the molecule is CCCCCCn1c2ccccc2c2nnc(N/N=C/c3ccc(OCCC(C)C)c(OC)c3)nc21. The molecule has 0 saturated carbocycles. The van der Waals surface area contributed by atoms with Gasteiger partial charge in [-0.05, 0) is 48.6 Å². The van der Waals surface area contributed by atoms with Crippen LogP contribution in [0.1, 0.15) is 58.4 Å². The van der Waals surface area contributed by atoms with Crippen molar-refractivity contribution in [2.45, 2.75) is 59.4 Å². The van der Waals surface area contributed by atoms with Crippen LogP contribution in [0.5, 0.6) is 11.5 Å². The molecule has 1 N–H and O–H groups in total. The molecule has 0 radical (unpaired) electrons. The minimum absolute atomic E-state index is 0.358. The molecule has 0 aliphatic carbocycles. The number of hydrogen-bond acceptors (Lipinski definition) is 7. The Labute approximate surface area is 212 Å². The highest BCUT2D eigenvalue weighted by molar-refractivity contribution is 6.04. The normalized spacial score (nSPS) is 11.7. The largest absolute Gasteiger partial charge is 0.493 e. The number of aromatic nitrogens is 4. The van der Waals surface area contributed by atoms with E-state index in [9.17, 15) is 0 Å². The Bertz CT molecular complexity index is 1310. The maximum atomic E-state index is 5.87. The van der Waals surface area contributed by atoms with E-state index < -0.39 is 0 Å². The highest BCUT2D eigenvalue weighted by atomic mass is 16.5. The van der Waals surface area contributed by atoms with Crippen LogP contribution in [0.15, 0.2) is 47.6 Å². The number of fused-ring (bicyclic) bond motifs is 3. The second kappa shape index (κ2) is 12.3. The molecule has 8 heteroatoms. The van der Waals surface area contributed by atoms with E-state index in [-0.39, 0.29) is 0 Å². The number of nitrogens with zero attached hydrogens (tertiary/aromatic N) is 5. The van der Waals surface area contributed by atoms with Crippen LogP contribution in [-0.4, -0.2) is 39.7 Å². The molecular weight excluding hydrogens is 452 g/mol. The monoisotopic (exact) mass is 488 g/mol. The lowest BCUT2D eigenvalue weighted by Gasteiger charge is -2.12. The van der Waals surface area contributed by atoms with Crippen molar-refractivity contribution in [1.29, 1.82) is 0 Å². The summed E-state index contributed by atoms with van der Waals surface area (Å²) >= 11 is 0. The number of para-hydroxylation sites is 1. The lowest BCUT2D eigenvalue weighted by Crippen LogP contribution is -2.04. The van der Waals surface area contributed by atoms with Gasteiger partial charge in [-0.25, -0.2) is 5.43 Å². The quantitative estimate of drug-likeness (QED) is 0.132. The summed E-state index contributed by atoms with van der Waals surface area (Å²) in [6, 6.07) is 14.0. The third kappa shape index (κ3) is 6.11. The van der Waals surface area contributed by atoms with Crippen LogP contribution in [0.2, 0.25) is 0 Å². The van der Waals surface area contributed by atoms with Gasteiger partial charge in [-0.1, -0.05) is 58.2 Å². The lowest BCUT2D eigenvalue weighted by molar-refractivity contribution is 0.273. The van der Waals surface area contributed by atoms with Crippen LogP contribution in [0.25, 0.3) is 22.1 Å². The van der Waals surface area contributed by atoms with Crippen molar-refractivity contribution in [3.05, 3.63) is 48.0 Å². The molecule has 0 spiro atoms. The van der Waals surface area contributed by atoms with Crippen molar-refractivity contribution < 1.29 is 9.47 Å². The maximum Gasteiger partial charge on any atom is 0.265 e. The van der Waals surface area contributed by atoms with Crippen molar-refractivity contribution in [2.24, 2.45) is 11.0 Å². The maximum absolute atomic E-state index is 5.87. The molecule has 0 aliphatic rings. The van der Waals surface area contributed by atoms with Crippen molar-refractivity contribution in [3.63, 3.8) is 0 Å². The van der Waals surface area contributed by atoms with Crippen molar-refractivity contribution in [1.82, 2.24) is 19.7 Å². The van der Waals surface area contributed by atoms with Gasteiger partial charge in [-0.3, -0.25) is 0 Å². The van der Waals surface area contributed by atoms with E-state index in [0.717, 1.165) is 52.8 Å². The lowest BCUT2D eigenvalue weighted by atomic mass is 10.1. The van der Waals surface area contributed by atoms with Crippen molar-refractivity contribution in [3.8, 4) is 11.5 Å². The summed E-state index contributed by atoms with van der Waals surface area (Å²) in [5.41, 5.74) is 6.57. The Morgan fingerprint density at radius 2 is 1.92 bits per heavy atom. The first kappa shape index (κ1) is 25.4. The molecule has 2 aromatic carbocycles. The van der Waals surface area contributed by atoms with Gasteiger partial charge in [-0.15, -0.1) is 10.2 Å². The summed E-state index contributed by atoms with van der Waals surface area (Å²) in [6.45, 7) is 8.14. The van der Waals surface area contributed by atoms with Crippen LogP contribution in [0, 0.1) is 5.92 Å². The Balaban J connectivity index is 1.50. The number of anilines is 1. The van der Waals surface area contributed by atoms with E-state index in [0.29, 0.717) is 24.2 Å². The van der Waals surface area contributed by atoms with E-state index in [1.54, 1.807) is 13.3 Å². The number of rotatable bonds is 13. The average Bonchev–Trinajstić information content (AvgIpc) is 3.20. The molecule has 0 atom stereocenters. The molecule has 2 heterocycles. The zero-order valence-electron chi connectivity index (χ0n) is 21.7. The number of unbranched alkanes of at least 4 members (excludes halogenated alkanes) is 3. The molecule has 0 saturated heterocycles. The predicted octanol–water partition coefficient (Wildman–Crippen LogP) is 6.44. The first-order valence-corrected chi connectivity index (χ1v) is 12.8. The van der Waals surface area contributed by atoms with E-state index in [1.807, 2.05) is 24.3 Å². The number of hydrazone groups is 1. The number of ether oxygens (including phenoxy) is 2. The number of aryl methyl sites for hydroxylation is 1. The van der Waals surface area contributed by atoms with Gasteiger partial charge in [-0.2, -0.15) is 10.1 Å². The highest BCUT2D eigenvalue weighted by Gasteiger charge is 2.14. The van der Waals surface area contributed by atoms with Crippen LogP contribution < -0.4 is 14.9 Å². The van der Waals surface area contributed by atoms with Crippen LogP contribution in [0.4, 0.5) is 5.95 Å². The summed E-state index contributed by atoms with van der Waals surface area (Å²) in [7, 11) is 1.64. The molecular formula is C28H36N6O2. The Morgan fingerprint density at radius 1 is 1.06 bits per heavy atom. The molecule has 4 aromatic rings. The molecule has 0 amide bonds. The molecule has 0 fully saturated rings. The zero-order valence-corrected chi connectivity index (χ0v) is 21.7. The summed E-state index contributed by atoms with van der Waals surface area (Å²) in [6.07, 6.45) is 7.44. The zero-order chi connectivity index (χ0) is 25.3. The first-order valence-electron chi connectivity index (χ1n) is 12.8. The van der Waals surface area contributed by atoms with Gasteiger partial charge in [0.1, 0.15) is 5.52 Å². The van der Waals surface area contributed by atoms with E-state index in [1.165, 1.54) is 19.3 Å². The van der Waals surface area contributed by atoms with Crippen LogP contribution in [-0.2, 0) is 6.54 Å². The van der Waals surface area contributed by atoms with Gasteiger partial charge < -0.3 is 14.0 Å². The van der Waals surface area contributed by atoms with Gasteiger partial charge in [0.2, 0.25) is 0 Å². The minimum atomic E-state index is 0.358. The Morgan fingerprint density at radius 3 is 2.72 bits per heavy atom. The number of methoxy groups -OCH3 is 1. The van der Waals surface area contributed by atoms with Gasteiger partial charge in [0.05, 0.1) is 25.4 Å². The standard InChI is InChI=1S/C28H36N6O2/c1-5-6-7-10-16-34-23-12-9-8-11-22(23)26-27(34)30-28(33-31-26)32-29-19-21-13-14-24(25(18-21)35-4)36-17-15-20(2)3/h8-9,11-14,18-20H,5-7,10,15-17H2,1-4H3,(H,30,32,33)/b29-19+. The summed E-state index contributed by atoms with van der Waals surface area (Å²) < 4.78 is 13.6. The molecule has 4 rings (SSSR count). The van der Waals surface area contributed by atoms with Gasteiger partial charge in [0, 0.05) is 11.9 Å². The number of hydrogen-bond donors (Lipinski definition) is 1. The third-order valence-electron chi connectivity index (χ3n) is 6.13. The summed E-state index contributed by atoms with van der Waals surface area (Å²) in [5, 5.41) is 14.1. The van der Waals surface area contributed by atoms with Gasteiger partial charge >= 0.3 is 0 Å². The topological polar surface area (TPSA) is 86.5 Å². The van der Waals surface area contributed by atoms with Crippen LogP contribution >= 0.6 is 0 Å². The van der Waals surface area contributed by atoms with Crippen LogP contribution in [0.3, 0.4) is 0 Å². The fourth-order valence-corrected chi connectivity index (χ4v) is 4.13. The van der Waals surface area contributed by atoms with E-state index in [2.05, 4.69) is 64.3 Å². The molecule has 8 nitrogen and oxygen atoms in total. The Kier molecular flexibility index (Phi) is 8.71. The summed E-state index contributed by atoms with van der Waals surface area (Å²) in [4.78, 5) is 4.76. The second-order valence-electron chi connectivity index (χ2n) is 9.35.